The van der Waals surface area contributed by atoms with E-state index in [1.165, 1.54) is 11.1 Å². The third-order valence-corrected chi connectivity index (χ3v) is 4.17. The van der Waals surface area contributed by atoms with Crippen molar-refractivity contribution < 1.29 is 9.53 Å². The van der Waals surface area contributed by atoms with Crippen molar-refractivity contribution in [2.75, 3.05) is 29.5 Å². The van der Waals surface area contributed by atoms with Crippen LogP contribution in [0.15, 0.2) is 36.8 Å². The predicted octanol–water partition coefficient (Wildman–Crippen LogP) is 2.00. The largest absolute Gasteiger partial charge is 0.447 e. The van der Waals surface area contributed by atoms with Gasteiger partial charge in [-0.25, -0.2) is 9.78 Å². The van der Waals surface area contributed by atoms with Gasteiger partial charge in [0.25, 0.3) is 0 Å². The van der Waals surface area contributed by atoms with Gasteiger partial charge in [0.1, 0.15) is 12.4 Å². The number of hydrogen-bond donors (Lipinski definition) is 0. The molecule has 2 aromatic rings. The Kier molecular flexibility index (Phi) is 3.14. The van der Waals surface area contributed by atoms with E-state index >= 15 is 0 Å². The minimum absolute atomic E-state index is 0.246. The molecular weight excluding hydrogens is 280 g/mol. The van der Waals surface area contributed by atoms with Crippen LogP contribution >= 0.6 is 0 Å². The number of nitrogens with zero attached hydrogens (tertiary/aromatic N) is 4. The van der Waals surface area contributed by atoms with Crippen LogP contribution in [0.25, 0.3) is 0 Å². The number of aromatic nitrogens is 2. The molecule has 0 bridgehead atoms. The minimum Gasteiger partial charge on any atom is -0.447 e. The Labute approximate surface area is 128 Å². The quantitative estimate of drug-likeness (QED) is 0.848. The van der Waals surface area contributed by atoms with Gasteiger partial charge in [0.05, 0.1) is 18.4 Å². The molecule has 6 heteroatoms. The number of carbonyl (C=O) groups excluding carboxylic acids is 1. The summed E-state index contributed by atoms with van der Waals surface area (Å²) in [4.78, 5) is 24.3. The lowest BCUT2D eigenvalue weighted by Crippen LogP contribution is -2.33. The first-order valence-corrected chi connectivity index (χ1v) is 7.39. The van der Waals surface area contributed by atoms with Gasteiger partial charge in [0, 0.05) is 25.5 Å². The normalized spacial score (nSPS) is 17.4. The third kappa shape index (κ3) is 2.16. The van der Waals surface area contributed by atoms with Crippen LogP contribution in [0, 0.1) is 0 Å². The highest BCUT2D eigenvalue weighted by Crippen LogP contribution is 2.31. The Morgan fingerprint density at radius 3 is 2.91 bits per heavy atom. The zero-order valence-corrected chi connectivity index (χ0v) is 12.1. The number of carbonyl (C=O) groups is 1. The van der Waals surface area contributed by atoms with E-state index in [0.29, 0.717) is 13.2 Å². The number of rotatable bonds is 2. The summed E-state index contributed by atoms with van der Waals surface area (Å²) < 4.78 is 5.06. The monoisotopic (exact) mass is 296 g/mol. The summed E-state index contributed by atoms with van der Waals surface area (Å²) in [5.41, 5.74) is 3.45. The summed E-state index contributed by atoms with van der Waals surface area (Å²) in [6, 6.07) is 6.12. The topological polar surface area (TPSA) is 58.6 Å². The highest BCUT2D eigenvalue weighted by atomic mass is 16.6. The first-order valence-electron chi connectivity index (χ1n) is 7.39. The van der Waals surface area contributed by atoms with E-state index in [2.05, 4.69) is 20.9 Å². The minimum atomic E-state index is -0.246. The summed E-state index contributed by atoms with van der Waals surface area (Å²) in [6.45, 7) is 2.74. The molecule has 1 aromatic heterocycles. The first-order chi connectivity index (χ1) is 10.8. The van der Waals surface area contributed by atoms with Gasteiger partial charge in [-0.05, 0) is 23.6 Å². The van der Waals surface area contributed by atoms with E-state index in [0.717, 1.165) is 31.0 Å². The maximum atomic E-state index is 11.8. The van der Waals surface area contributed by atoms with Gasteiger partial charge >= 0.3 is 6.09 Å². The van der Waals surface area contributed by atoms with Gasteiger partial charge in [-0.2, -0.15) is 0 Å². The van der Waals surface area contributed by atoms with Crippen molar-refractivity contribution in [1.29, 1.82) is 0 Å². The van der Waals surface area contributed by atoms with Crippen LogP contribution in [0.5, 0.6) is 0 Å². The molecule has 2 aliphatic rings. The van der Waals surface area contributed by atoms with Crippen LogP contribution < -0.4 is 9.80 Å². The van der Waals surface area contributed by atoms with Crippen molar-refractivity contribution in [2.24, 2.45) is 0 Å². The Morgan fingerprint density at radius 2 is 2.14 bits per heavy atom. The maximum absolute atomic E-state index is 11.8. The molecule has 0 radical (unpaired) electrons. The maximum Gasteiger partial charge on any atom is 0.414 e. The molecule has 1 aromatic carbocycles. The number of hydrogen-bond acceptors (Lipinski definition) is 5. The molecule has 0 unspecified atom stereocenters. The van der Waals surface area contributed by atoms with E-state index in [-0.39, 0.29) is 6.09 Å². The molecule has 3 heterocycles. The fourth-order valence-electron chi connectivity index (χ4n) is 3.10. The van der Waals surface area contributed by atoms with Crippen molar-refractivity contribution in [2.45, 2.75) is 13.0 Å². The molecule has 22 heavy (non-hydrogen) atoms. The van der Waals surface area contributed by atoms with Crippen molar-refractivity contribution in [3.8, 4) is 0 Å². The number of ether oxygens (including phenoxy) is 1. The average molecular weight is 296 g/mol. The van der Waals surface area contributed by atoms with E-state index in [9.17, 15) is 4.79 Å². The van der Waals surface area contributed by atoms with E-state index in [1.54, 1.807) is 23.5 Å². The zero-order chi connectivity index (χ0) is 14.9. The van der Waals surface area contributed by atoms with Gasteiger partial charge in [-0.3, -0.25) is 9.88 Å². The number of benzene rings is 1. The van der Waals surface area contributed by atoms with E-state index < -0.39 is 0 Å². The smallest absolute Gasteiger partial charge is 0.414 e. The van der Waals surface area contributed by atoms with Gasteiger partial charge in [0.2, 0.25) is 0 Å². The van der Waals surface area contributed by atoms with Crippen molar-refractivity contribution in [3.05, 3.63) is 47.9 Å². The van der Waals surface area contributed by atoms with Crippen LogP contribution in [-0.2, 0) is 17.7 Å². The molecule has 0 saturated carbocycles. The SMILES string of the molecule is O=C1OCCN1c1cccc2c1CCN(c1cnccn1)C2. The summed E-state index contributed by atoms with van der Waals surface area (Å²) in [5.74, 6) is 0.888. The molecule has 0 atom stereocenters. The molecule has 0 spiro atoms. The van der Waals surface area contributed by atoms with Crippen LogP contribution in [0.3, 0.4) is 0 Å². The Hall–Kier alpha value is -2.63. The van der Waals surface area contributed by atoms with Crippen molar-refractivity contribution >= 4 is 17.6 Å². The lowest BCUT2D eigenvalue weighted by molar-refractivity contribution is 0.181. The predicted molar refractivity (Wildman–Crippen MR) is 81.9 cm³/mol. The summed E-state index contributed by atoms with van der Waals surface area (Å²) in [6.07, 6.45) is 5.81. The molecule has 112 valence electrons. The lowest BCUT2D eigenvalue weighted by atomic mass is 9.97. The molecule has 1 fully saturated rings. The zero-order valence-electron chi connectivity index (χ0n) is 12.1. The van der Waals surface area contributed by atoms with Gasteiger partial charge in [-0.1, -0.05) is 12.1 Å². The molecular formula is C16H16N4O2. The second-order valence-corrected chi connectivity index (χ2v) is 5.42. The van der Waals surface area contributed by atoms with Crippen LogP contribution in [-0.4, -0.2) is 35.8 Å². The standard InChI is InChI=1S/C16H16N4O2/c21-16-20(8-9-22-16)14-3-1-2-12-11-19(7-4-13(12)14)15-10-17-5-6-18-15/h1-3,5-6,10H,4,7-9,11H2. The molecule has 1 amide bonds. The third-order valence-electron chi connectivity index (χ3n) is 4.17. The molecule has 2 aliphatic heterocycles. The second-order valence-electron chi connectivity index (χ2n) is 5.42. The molecule has 6 nitrogen and oxygen atoms in total. The van der Waals surface area contributed by atoms with Gasteiger partial charge < -0.3 is 9.64 Å². The molecule has 0 N–H and O–H groups in total. The van der Waals surface area contributed by atoms with Crippen molar-refractivity contribution in [3.63, 3.8) is 0 Å². The van der Waals surface area contributed by atoms with Crippen molar-refractivity contribution in [1.82, 2.24) is 9.97 Å². The molecule has 0 aliphatic carbocycles. The van der Waals surface area contributed by atoms with Gasteiger partial charge in [-0.15, -0.1) is 0 Å². The Morgan fingerprint density at radius 1 is 1.18 bits per heavy atom. The summed E-state index contributed by atoms with van der Waals surface area (Å²) in [5, 5.41) is 0. The highest BCUT2D eigenvalue weighted by molar-refractivity contribution is 5.90. The first kappa shape index (κ1) is 13.1. The molecule has 4 rings (SSSR count). The number of fused-ring (bicyclic) bond motifs is 1. The fraction of sp³-hybridized carbons (Fsp3) is 0.312. The van der Waals surface area contributed by atoms with E-state index in [4.69, 9.17) is 4.74 Å². The Bertz CT molecular complexity index is 705. The second kappa shape index (κ2) is 5.29. The van der Waals surface area contributed by atoms with Crippen LogP contribution in [0.1, 0.15) is 11.1 Å². The lowest BCUT2D eigenvalue weighted by Gasteiger charge is -2.31. The molecule has 1 saturated heterocycles. The average Bonchev–Trinajstić information content (AvgIpc) is 3.00. The number of anilines is 2. The highest BCUT2D eigenvalue weighted by Gasteiger charge is 2.28. The number of amides is 1. The number of cyclic esters (lactones) is 1. The summed E-state index contributed by atoms with van der Waals surface area (Å²) in [7, 11) is 0. The Balaban J connectivity index is 1.65. The summed E-state index contributed by atoms with van der Waals surface area (Å²) >= 11 is 0. The van der Waals surface area contributed by atoms with Crippen LogP contribution in [0.2, 0.25) is 0 Å². The van der Waals surface area contributed by atoms with Crippen LogP contribution in [0.4, 0.5) is 16.3 Å². The van der Waals surface area contributed by atoms with Gasteiger partial charge in [0.15, 0.2) is 0 Å². The fourth-order valence-corrected chi connectivity index (χ4v) is 3.10. The van der Waals surface area contributed by atoms with E-state index in [1.807, 2.05) is 12.1 Å².